The van der Waals surface area contributed by atoms with E-state index in [1.165, 1.54) is 0 Å². The van der Waals surface area contributed by atoms with Crippen LogP contribution in [0.1, 0.15) is 12.8 Å². The van der Waals surface area contributed by atoms with E-state index in [1.54, 1.807) is 12.3 Å². The zero-order valence-electron chi connectivity index (χ0n) is 12.9. The molecule has 5 N–H and O–H groups in total. The molecule has 0 aliphatic carbocycles. The van der Waals surface area contributed by atoms with Gasteiger partial charge in [-0.25, -0.2) is 5.01 Å². The lowest BCUT2D eigenvalue weighted by molar-refractivity contribution is -0.129. The molecular weight excluding hydrogens is 294 g/mol. The van der Waals surface area contributed by atoms with Crippen molar-refractivity contribution >= 4 is 11.7 Å². The minimum atomic E-state index is -0.0707. The van der Waals surface area contributed by atoms with Crippen molar-refractivity contribution < 1.29 is 4.79 Å². The number of amides is 1. The largest absolute Gasteiger partial charge is 0.384 e. The molecule has 8 nitrogen and oxygen atoms in total. The van der Waals surface area contributed by atoms with Gasteiger partial charge in [-0.05, 0) is 24.3 Å². The molecule has 3 aliphatic rings. The van der Waals surface area contributed by atoms with Gasteiger partial charge in [0.15, 0.2) is 0 Å². The third-order valence-electron chi connectivity index (χ3n) is 4.70. The monoisotopic (exact) mass is 315 g/mol. The molecule has 8 heteroatoms. The number of carbonyl (C=O) groups is 1. The zero-order chi connectivity index (χ0) is 16.4. The number of amidine groups is 1. The number of hydrogen-bond acceptors (Lipinski definition) is 6. The van der Waals surface area contributed by atoms with E-state index < -0.39 is 0 Å². The van der Waals surface area contributed by atoms with Crippen molar-refractivity contribution in [3.63, 3.8) is 0 Å². The Bertz CT molecular complexity index is 618. The first-order valence-electron chi connectivity index (χ1n) is 7.76. The van der Waals surface area contributed by atoms with Crippen molar-refractivity contribution in [2.45, 2.75) is 12.8 Å². The minimum absolute atomic E-state index is 0.0398. The normalized spacial score (nSPS) is 29.0. The van der Waals surface area contributed by atoms with Crippen LogP contribution in [0.4, 0.5) is 0 Å². The summed E-state index contributed by atoms with van der Waals surface area (Å²) in [7, 11) is 0. The number of fused-ring (bicyclic) bond motifs is 1. The third-order valence-corrected chi connectivity index (χ3v) is 4.70. The van der Waals surface area contributed by atoms with Gasteiger partial charge in [0.2, 0.25) is 5.91 Å². The first-order valence-corrected chi connectivity index (χ1v) is 7.76. The Balaban J connectivity index is 1.58. The average molecular weight is 315 g/mol. The number of likely N-dealkylation sites (tertiary alicyclic amines) is 1. The second kappa shape index (κ2) is 6.30. The Morgan fingerprint density at radius 1 is 1.48 bits per heavy atom. The fourth-order valence-corrected chi connectivity index (χ4v) is 3.48. The summed E-state index contributed by atoms with van der Waals surface area (Å²) in [5.74, 6) is 1.58. The molecule has 23 heavy (non-hydrogen) atoms. The number of rotatable bonds is 3. The Hall–Kier alpha value is -2.53. The highest BCUT2D eigenvalue weighted by molar-refractivity contribution is 6.02. The van der Waals surface area contributed by atoms with E-state index in [0.29, 0.717) is 35.6 Å². The molecule has 2 saturated heterocycles. The number of nitrogens with zero attached hydrogens (tertiary/aromatic N) is 3. The topological polar surface area (TPSA) is 121 Å². The van der Waals surface area contributed by atoms with Crippen LogP contribution in [0.5, 0.6) is 0 Å². The fraction of sp³-hybridized carbons (Fsp3) is 0.533. The highest BCUT2D eigenvalue weighted by Crippen LogP contribution is 2.31. The average Bonchev–Trinajstić information content (AvgIpc) is 3.13. The molecule has 3 rings (SSSR count). The number of carbonyl (C=O) groups excluding carboxylic acids is 1. The molecular formula is C15H21N7O. The Morgan fingerprint density at radius 2 is 2.26 bits per heavy atom. The van der Waals surface area contributed by atoms with Gasteiger partial charge in [0.05, 0.1) is 11.6 Å². The molecule has 3 aliphatic heterocycles. The molecule has 2 fully saturated rings. The summed E-state index contributed by atoms with van der Waals surface area (Å²) in [6.45, 7) is 3.11. The van der Waals surface area contributed by atoms with Crippen molar-refractivity contribution in [3.05, 3.63) is 23.7 Å². The van der Waals surface area contributed by atoms with Gasteiger partial charge in [-0.1, -0.05) is 0 Å². The van der Waals surface area contributed by atoms with Crippen LogP contribution in [0.25, 0.3) is 0 Å². The number of piperidine rings is 1. The molecule has 0 aromatic carbocycles. The zero-order valence-corrected chi connectivity index (χ0v) is 12.9. The molecule has 0 aromatic heterocycles. The summed E-state index contributed by atoms with van der Waals surface area (Å²) in [6, 6.07) is 1.93. The van der Waals surface area contributed by atoms with E-state index in [4.69, 9.17) is 16.4 Å². The Morgan fingerprint density at radius 3 is 2.96 bits per heavy atom. The van der Waals surface area contributed by atoms with Crippen LogP contribution >= 0.6 is 0 Å². The second-order valence-corrected chi connectivity index (χ2v) is 6.18. The smallest absolute Gasteiger partial charge is 0.236 e. The molecule has 2 atom stereocenters. The van der Waals surface area contributed by atoms with Crippen molar-refractivity contribution in [2.24, 2.45) is 17.6 Å². The molecule has 0 spiro atoms. The van der Waals surface area contributed by atoms with Gasteiger partial charge >= 0.3 is 0 Å². The predicted octanol–water partition coefficient (Wildman–Crippen LogP) is -0.551. The van der Waals surface area contributed by atoms with Crippen LogP contribution in [0.3, 0.4) is 0 Å². The molecule has 1 amide bonds. The third kappa shape index (κ3) is 3.14. The number of hydrogen-bond donors (Lipinski definition) is 4. The molecule has 0 radical (unpaired) electrons. The van der Waals surface area contributed by atoms with Gasteiger partial charge in [0, 0.05) is 32.4 Å². The summed E-state index contributed by atoms with van der Waals surface area (Å²) in [6.07, 6.45) is 4.41. The van der Waals surface area contributed by atoms with Crippen LogP contribution in [-0.2, 0) is 4.79 Å². The van der Waals surface area contributed by atoms with Crippen LogP contribution in [-0.4, -0.2) is 47.8 Å². The Labute approximate surface area is 135 Å². The first-order chi connectivity index (χ1) is 11.1. The van der Waals surface area contributed by atoms with E-state index in [9.17, 15) is 4.79 Å². The number of nitrogens with one attached hydrogen (secondary N) is 3. The van der Waals surface area contributed by atoms with Crippen LogP contribution in [0, 0.1) is 28.6 Å². The van der Waals surface area contributed by atoms with E-state index in [1.807, 2.05) is 11.0 Å². The van der Waals surface area contributed by atoms with Crippen LogP contribution in [0.15, 0.2) is 23.7 Å². The summed E-state index contributed by atoms with van der Waals surface area (Å²) in [5, 5.41) is 21.3. The predicted molar refractivity (Wildman–Crippen MR) is 84.3 cm³/mol. The van der Waals surface area contributed by atoms with Gasteiger partial charge in [-0.15, -0.1) is 0 Å². The standard InChI is InChI=1S/C15H21N7O/c16-4-1-13(23)21-7-10-3-6-22(9-11(10)8-21)20-15(18)12-2-5-19-14(12)17/h2,5,10-11,20H,1,3,6-9,18H2,(H2,17,19)/b15-12+. The summed E-state index contributed by atoms with van der Waals surface area (Å²) in [5.41, 5.74) is 9.88. The van der Waals surface area contributed by atoms with Crippen LogP contribution in [0.2, 0.25) is 0 Å². The van der Waals surface area contributed by atoms with E-state index >= 15 is 0 Å². The molecule has 122 valence electrons. The summed E-state index contributed by atoms with van der Waals surface area (Å²) >= 11 is 0. The van der Waals surface area contributed by atoms with Gasteiger partial charge in [0.25, 0.3) is 0 Å². The van der Waals surface area contributed by atoms with Crippen LogP contribution < -0.4 is 16.5 Å². The number of hydrazine groups is 1. The quantitative estimate of drug-likeness (QED) is 0.554. The molecule has 2 unspecified atom stereocenters. The van der Waals surface area contributed by atoms with Crippen molar-refractivity contribution in [1.82, 2.24) is 20.7 Å². The fourth-order valence-electron chi connectivity index (χ4n) is 3.48. The van der Waals surface area contributed by atoms with Gasteiger partial charge in [-0.3, -0.25) is 10.2 Å². The first kappa shape index (κ1) is 15.4. The van der Waals surface area contributed by atoms with Crippen molar-refractivity contribution in [2.75, 3.05) is 26.2 Å². The lowest BCUT2D eigenvalue weighted by Crippen LogP contribution is -2.49. The lowest BCUT2D eigenvalue weighted by atomic mass is 9.89. The molecule has 3 heterocycles. The van der Waals surface area contributed by atoms with Gasteiger partial charge in [0.1, 0.15) is 18.1 Å². The summed E-state index contributed by atoms with van der Waals surface area (Å²) < 4.78 is 0. The van der Waals surface area contributed by atoms with Crippen molar-refractivity contribution in [1.29, 1.82) is 10.7 Å². The van der Waals surface area contributed by atoms with Crippen molar-refractivity contribution in [3.8, 4) is 6.07 Å². The minimum Gasteiger partial charge on any atom is -0.384 e. The number of nitrogens with two attached hydrogens (primary N) is 1. The summed E-state index contributed by atoms with van der Waals surface area (Å²) in [4.78, 5) is 13.7. The highest BCUT2D eigenvalue weighted by Gasteiger charge is 2.38. The van der Waals surface area contributed by atoms with Gasteiger partial charge in [-0.2, -0.15) is 5.26 Å². The molecule has 0 aromatic rings. The lowest BCUT2D eigenvalue weighted by Gasteiger charge is -2.35. The highest BCUT2D eigenvalue weighted by atomic mass is 16.2. The molecule has 0 bridgehead atoms. The maximum Gasteiger partial charge on any atom is 0.236 e. The van der Waals surface area contributed by atoms with E-state index in [-0.39, 0.29) is 12.3 Å². The maximum absolute atomic E-state index is 11.9. The Kier molecular flexibility index (Phi) is 4.21. The van der Waals surface area contributed by atoms with Gasteiger partial charge < -0.3 is 21.4 Å². The number of nitriles is 1. The maximum atomic E-state index is 11.9. The SMILES string of the molecule is N#CCC(=O)N1CC2CCN(N/C(N)=C3\C=CNC3=N)CC2C1. The second-order valence-electron chi connectivity index (χ2n) is 6.18. The van der Waals surface area contributed by atoms with E-state index in [0.717, 1.165) is 26.1 Å². The van der Waals surface area contributed by atoms with E-state index in [2.05, 4.69) is 15.8 Å². The molecule has 0 saturated carbocycles.